The quantitative estimate of drug-likeness (QED) is 0.504. The molecule has 0 unspecified atom stereocenters. The second kappa shape index (κ2) is 8.26. The third kappa shape index (κ3) is 4.03. The van der Waals surface area contributed by atoms with Crippen molar-refractivity contribution in [3.05, 3.63) is 72.8 Å². The van der Waals surface area contributed by atoms with Gasteiger partial charge in [0.15, 0.2) is 0 Å². The molecule has 158 valence electrons. The molecule has 1 aromatic carbocycles. The van der Waals surface area contributed by atoms with Gasteiger partial charge >= 0.3 is 0 Å². The van der Waals surface area contributed by atoms with Crippen molar-refractivity contribution in [2.75, 3.05) is 31.1 Å². The van der Waals surface area contributed by atoms with Crippen LogP contribution < -0.4 is 4.90 Å². The Kier molecular flexibility index (Phi) is 5.16. The lowest BCUT2D eigenvalue weighted by Crippen LogP contribution is -2.48. The molecule has 1 aliphatic rings. The smallest absolute Gasteiger partial charge is 0.223 e. The summed E-state index contributed by atoms with van der Waals surface area (Å²) < 4.78 is 3.73. The zero-order valence-corrected chi connectivity index (χ0v) is 17.7. The van der Waals surface area contributed by atoms with Crippen LogP contribution in [0.4, 0.5) is 5.69 Å². The molecule has 1 saturated heterocycles. The van der Waals surface area contributed by atoms with E-state index in [2.05, 4.69) is 39.4 Å². The average Bonchev–Trinajstić information content (AvgIpc) is 3.44. The van der Waals surface area contributed by atoms with E-state index in [1.54, 1.807) is 4.68 Å². The summed E-state index contributed by atoms with van der Waals surface area (Å²) in [6.07, 6.45) is 9.19. The summed E-state index contributed by atoms with van der Waals surface area (Å²) in [7, 11) is 1.92. The van der Waals surface area contributed by atoms with Crippen LogP contribution >= 0.6 is 0 Å². The molecule has 0 bridgehead atoms. The van der Waals surface area contributed by atoms with E-state index in [1.807, 2.05) is 59.4 Å². The predicted octanol–water partition coefficient (Wildman–Crippen LogP) is 3.02. The van der Waals surface area contributed by atoms with Gasteiger partial charge in [0.2, 0.25) is 5.91 Å². The van der Waals surface area contributed by atoms with E-state index in [9.17, 15) is 4.79 Å². The standard InChI is InChI=1S/C24H26N6O/c1-27-17-21(15-25-27)20-8-9-22-23(16-26-30(22)18-20)28-11-13-29(14-12-28)24(31)10-7-19-5-3-2-4-6-19/h2-6,8-9,15-18H,7,10-14H2,1H3. The van der Waals surface area contributed by atoms with Gasteiger partial charge < -0.3 is 9.80 Å². The van der Waals surface area contributed by atoms with Gasteiger partial charge in [-0.05, 0) is 18.1 Å². The van der Waals surface area contributed by atoms with Crippen LogP contribution in [0.3, 0.4) is 0 Å². The highest BCUT2D eigenvalue weighted by molar-refractivity contribution is 5.78. The van der Waals surface area contributed by atoms with Crippen LogP contribution in [0.25, 0.3) is 16.6 Å². The van der Waals surface area contributed by atoms with Crippen molar-refractivity contribution in [2.45, 2.75) is 12.8 Å². The van der Waals surface area contributed by atoms with E-state index >= 15 is 0 Å². The number of benzene rings is 1. The SMILES string of the molecule is Cn1cc(-c2ccc3c(N4CCN(C(=O)CCc5ccccc5)CC4)cnn3c2)cn1. The number of hydrogen-bond acceptors (Lipinski definition) is 4. The molecule has 5 rings (SSSR count). The predicted molar refractivity (Wildman–Crippen MR) is 121 cm³/mol. The first-order valence-corrected chi connectivity index (χ1v) is 10.7. The number of rotatable bonds is 5. The van der Waals surface area contributed by atoms with Crippen LogP contribution in [0.5, 0.6) is 0 Å². The number of amides is 1. The van der Waals surface area contributed by atoms with Crippen molar-refractivity contribution >= 4 is 17.1 Å². The second-order valence-electron chi connectivity index (χ2n) is 8.03. The van der Waals surface area contributed by atoms with Gasteiger partial charge in [0.1, 0.15) is 0 Å². The summed E-state index contributed by atoms with van der Waals surface area (Å²) in [5.41, 5.74) is 5.57. The van der Waals surface area contributed by atoms with Crippen molar-refractivity contribution in [2.24, 2.45) is 7.05 Å². The van der Waals surface area contributed by atoms with Crippen LogP contribution in [0, 0.1) is 0 Å². The van der Waals surface area contributed by atoms with Crippen molar-refractivity contribution in [3.63, 3.8) is 0 Å². The molecule has 0 atom stereocenters. The molecular weight excluding hydrogens is 388 g/mol. The molecule has 1 fully saturated rings. The first-order valence-electron chi connectivity index (χ1n) is 10.7. The molecule has 0 radical (unpaired) electrons. The molecule has 1 aliphatic heterocycles. The Labute approximate surface area is 181 Å². The van der Waals surface area contributed by atoms with Gasteiger partial charge in [-0.15, -0.1) is 0 Å². The molecule has 7 nitrogen and oxygen atoms in total. The molecule has 0 aliphatic carbocycles. The summed E-state index contributed by atoms with van der Waals surface area (Å²) in [5.74, 6) is 0.240. The average molecular weight is 415 g/mol. The number of piperazine rings is 1. The van der Waals surface area contributed by atoms with Gasteiger partial charge in [-0.2, -0.15) is 10.2 Å². The summed E-state index contributed by atoms with van der Waals surface area (Å²) in [6, 6.07) is 14.4. The largest absolute Gasteiger partial charge is 0.365 e. The summed E-state index contributed by atoms with van der Waals surface area (Å²) in [4.78, 5) is 17.0. The number of anilines is 1. The number of carbonyl (C=O) groups excluding carboxylic acids is 1. The van der Waals surface area contributed by atoms with Crippen LogP contribution in [0.15, 0.2) is 67.3 Å². The fraction of sp³-hybridized carbons (Fsp3) is 0.292. The van der Waals surface area contributed by atoms with Crippen molar-refractivity contribution in [1.82, 2.24) is 24.3 Å². The Morgan fingerprint density at radius 2 is 1.71 bits per heavy atom. The molecule has 3 aromatic heterocycles. The van der Waals surface area contributed by atoms with Gasteiger partial charge in [-0.25, -0.2) is 4.52 Å². The van der Waals surface area contributed by atoms with Gasteiger partial charge in [-0.3, -0.25) is 9.48 Å². The van der Waals surface area contributed by atoms with Gasteiger partial charge in [-0.1, -0.05) is 36.4 Å². The van der Waals surface area contributed by atoms with E-state index in [0.29, 0.717) is 6.42 Å². The lowest BCUT2D eigenvalue weighted by molar-refractivity contribution is -0.131. The van der Waals surface area contributed by atoms with E-state index < -0.39 is 0 Å². The van der Waals surface area contributed by atoms with Gasteiger partial charge in [0, 0.05) is 63.2 Å². The number of fused-ring (bicyclic) bond motifs is 1. The Bertz CT molecular complexity index is 1190. The first kappa shape index (κ1) is 19.4. The molecule has 0 saturated carbocycles. The van der Waals surface area contributed by atoms with Crippen LogP contribution in [-0.2, 0) is 18.3 Å². The molecule has 1 amide bonds. The number of hydrogen-bond donors (Lipinski definition) is 0. The van der Waals surface area contributed by atoms with E-state index in [4.69, 9.17) is 0 Å². The molecule has 0 N–H and O–H groups in total. The normalized spacial score (nSPS) is 14.4. The maximum atomic E-state index is 12.6. The molecule has 7 heteroatoms. The van der Waals surface area contributed by atoms with E-state index in [-0.39, 0.29) is 5.91 Å². The lowest BCUT2D eigenvalue weighted by atomic mass is 10.1. The Morgan fingerprint density at radius 3 is 2.45 bits per heavy atom. The van der Waals surface area contributed by atoms with E-state index in [1.165, 1.54) is 5.56 Å². The van der Waals surface area contributed by atoms with Crippen molar-refractivity contribution < 1.29 is 4.79 Å². The second-order valence-corrected chi connectivity index (χ2v) is 8.03. The monoisotopic (exact) mass is 414 g/mol. The highest BCUT2D eigenvalue weighted by Crippen LogP contribution is 2.26. The molecule has 31 heavy (non-hydrogen) atoms. The molecule has 4 heterocycles. The molecule has 4 aromatic rings. The van der Waals surface area contributed by atoms with Gasteiger partial charge in [0.05, 0.1) is 23.6 Å². The number of aromatic nitrogens is 4. The Morgan fingerprint density at radius 1 is 0.903 bits per heavy atom. The molecular formula is C24H26N6O. The minimum atomic E-state index is 0.240. The fourth-order valence-electron chi connectivity index (χ4n) is 4.21. The third-order valence-corrected chi connectivity index (χ3v) is 5.98. The highest BCUT2D eigenvalue weighted by atomic mass is 16.2. The zero-order chi connectivity index (χ0) is 21.2. The third-order valence-electron chi connectivity index (χ3n) is 5.98. The number of pyridine rings is 1. The topological polar surface area (TPSA) is 58.7 Å². The maximum absolute atomic E-state index is 12.6. The number of carbonyl (C=O) groups is 1. The van der Waals surface area contributed by atoms with Crippen LogP contribution in [-0.4, -0.2) is 56.4 Å². The summed E-state index contributed by atoms with van der Waals surface area (Å²) in [6.45, 7) is 3.14. The van der Waals surface area contributed by atoms with Crippen molar-refractivity contribution in [1.29, 1.82) is 0 Å². The molecule has 0 spiro atoms. The number of aryl methyl sites for hydroxylation is 2. The fourth-order valence-corrected chi connectivity index (χ4v) is 4.21. The maximum Gasteiger partial charge on any atom is 0.223 e. The first-order chi connectivity index (χ1) is 15.2. The zero-order valence-electron chi connectivity index (χ0n) is 17.7. The number of nitrogens with zero attached hydrogens (tertiary/aromatic N) is 6. The summed E-state index contributed by atoms with van der Waals surface area (Å²) >= 11 is 0. The Balaban J connectivity index is 1.22. The summed E-state index contributed by atoms with van der Waals surface area (Å²) in [5, 5.41) is 8.82. The van der Waals surface area contributed by atoms with Crippen molar-refractivity contribution in [3.8, 4) is 11.1 Å². The Hall–Kier alpha value is -3.61. The minimum Gasteiger partial charge on any atom is -0.365 e. The van der Waals surface area contributed by atoms with Crippen LogP contribution in [0.2, 0.25) is 0 Å². The van der Waals surface area contributed by atoms with Crippen LogP contribution in [0.1, 0.15) is 12.0 Å². The minimum absolute atomic E-state index is 0.240. The van der Waals surface area contributed by atoms with Gasteiger partial charge in [0.25, 0.3) is 0 Å². The lowest BCUT2D eigenvalue weighted by Gasteiger charge is -2.35. The highest BCUT2D eigenvalue weighted by Gasteiger charge is 2.23. The van der Waals surface area contributed by atoms with E-state index in [0.717, 1.165) is 54.9 Å².